The molecule has 0 amide bonds. The van der Waals surface area contributed by atoms with Crippen molar-refractivity contribution in [3.8, 4) is 0 Å². The van der Waals surface area contributed by atoms with Crippen LogP contribution in [-0.4, -0.2) is 12.6 Å². The van der Waals surface area contributed by atoms with Gasteiger partial charge in [0.05, 0.1) is 0 Å². The molecular weight excluding hydrogens is 245 g/mol. The standard InChI is InChI=1S/C4H5O.C2H6.CH3N4.Y/c1-4(2)3-5;1-2;2-1-4-5-3;/h1H2,2H3;1-2H3;1H,(H2-,2,3,4);/q-1;;-1;. The van der Waals surface area contributed by atoms with E-state index in [2.05, 4.69) is 17.2 Å². The smallest absolute Gasteiger partial charge is 0 e. The molecule has 0 saturated heterocycles. The molecule has 73 valence electrons. The molecule has 0 spiro atoms. The second kappa shape index (κ2) is 29.9. The molecule has 2 N–H and O–H groups in total. The molecule has 0 aromatic heterocycles. The van der Waals surface area contributed by atoms with E-state index < -0.39 is 0 Å². The Labute approximate surface area is 104 Å². The second-order valence-corrected chi connectivity index (χ2v) is 1.23. The normalized spacial score (nSPS) is 5.15. The zero-order valence-electron chi connectivity index (χ0n) is 8.16. The minimum absolute atomic E-state index is 0. The third-order valence-corrected chi connectivity index (χ3v) is 0.290. The van der Waals surface area contributed by atoms with Gasteiger partial charge in [-0.3, -0.25) is 5.43 Å². The van der Waals surface area contributed by atoms with Crippen LogP contribution in [0.3, 0.4) is 0 Å². The molecule has 0 aliphatic carbocycles. The molecule has 0 bridgehead atoms. The molecule has 0 atom stereocenters. The largest absolute Gasteiger partial charge is 0.419 e. The van der Waals surface area contributed by atoms with Gasteiger partial charge in [-0.15, -0.1) is 0 Å². The molecule has 0 aliphatic rings. The second-order valence-electron chi connectivity index (χ2n) is 1.23. The Morgan fingerprint density at radius 3 is 1.92 bits per heavy atom. The van der Waals surface area contributed by atoms with Crippen molar-refractivity contribution in [2.75, 3.05) is 0 Å². The molecule has 0 rings (SSSR count). The maximum Gasteiger partial charge on any atom is 0 e. The van der Waals surface area contributed by atoms with Crippen LogP contribution < -0.4 is 0 Å². The van der Waals surface area contributed by atoms with Crippen molar-refractivity contribution in [1.29, 1.82) is 10.9 Å². The number of nitrogens with one attached hydrogen (secondary N) is 2. The van der Waals surface area contributed by atoms with Gasteiger partial charge >= 0.3 is 0 Å². The van der Waals surface area contributed by atoms with Gasteiger partial charge in [0.15, 0.2) is 0 Å². The van der Waals surface area contributed by atoms with Gasteiger partial charge in [-0.1, -0.05) is 20.8 Å². The third kappa shape index (κ3) is 82.8. The maximum absolute atomic E-state index is 9.28. The number of allylic oxidation sites excluding steroid dienone is 1. The Morgan fingerprint density at radius 2 is 1.92 bits per heavy atom. The molecule has 0 saturated carbocycles. The quantitative estimate of drug-likeness (QED) is 0.200. The van der Waals surface area contributed by atoms with Crippen molar-refractivity contribution in [2.24, 2.45) is 5.22 Å². The predicted molar refractivity (Wildman–Crippen MR) is 49.1 cm³/mol. The fourth-order valence-corrected chi connectivity index (χ4v) is 0.0289. The van der Waals surface area contributed by atoms with Crippen LogP contribution in [0.15, 0.2) is 17.4 Å². The van der Waals surface area contributed by atoms with E-state index in [1.807, 2.05) is 13.8 Å². The van der Waals surface area contributed by atoms with Crippen molar-refractivity contribution in [3.63, 3.8) is 0 Å². The summed E-state index contributed by atoms with van der Waals surface area (Å²) in [6.45, 7) is 8.85. The molecule has 0 heterocycles. The van der Waals surface area contributed by atoms with Crippen LogP contribution in [0.25, 0.3) is 5.43 Å². The Morgan fingerprint density at radius 1 is 1.62 bits per heavy atom. The van der Waals surface area contributed by atoms with E-state index in [0.717, 1.165) is 0 Å². The maximum atomic E-state index is 9.28. The summed E-state index contributed by atoms with van der Waals surface area (Å²) >= 11 is 0. The first-order valence-electron chi connectivity index (χ1n) is 3.28. The average molecular weight is 259 g/mol. The number of nitrogens with zero attached hydrogens (tertiary/aromatic N) is 2. The summed E-state index contributed by atoms with van der Waals surface area (Å²) in [7, 11) is 0. The molecule has 6 heteroatoms. The Bertz CT molecular complexity index is 132. The van der Waals surface area contributed by atoms with E-state index in [9.17, 15) is 4.79 Å². The zero-order valence-corrected chi connectivity index (χ0v) is 11.0. The Kier molecular flexibility index (Phi) is 52.8. The summed E-state index contributed by atoms with van der Waals surface area (Å²) in [5.74, 6) is 0. The van der Waals surface area contributed by atoms with Crippen molar-refractivity contribution in [1.82, 2.24) is 0 Å². The SMILES string of the molecule is C=C(C)[C-]=O.CC.N=C[N-]N=N.[Y]. The fraction of sp³-hybridized carbons (Fsp3) is 0.429. The van der Waals surface area contributed by atoms with Gasteiger partial charge in [0, 0.05) is 32.7 Å². The van der Waals surface area contributed by atoms with Gasteiger partial charge < -0.3 is 15.7 Å². The topological polar surface area (TPSA) is 91.2 Å². The Hall–Kier alpha value is -0.416. The van der Waals surface area contributed by atoms with E-state index in [-0.39, 0.29) is 32.7 Å². The number of rotatable bonds is 3. The van der Waals surface area contributed by atoms with Gasteiger partial charge in [0.1, 0.15) is 0 Å². The molecule has 13 heavy (non-hydrogen) atoms. The van der Waals surface area contributed by atoms with E-state index in [1.54, 1.807) is 13.2 Å². The molecular formula is C7H14N4OY-2. The third-order valence-electron chi connectivity index (χ3n) is 0.290. The summed E-state index contributed by atoms with van der Waals surface area (Å²) in [4.78, 5) is 9.28. The van der Waals surface area contributed by atoms with E-state index >= 15 is 0 Å². The summed E-state index contributed by atoms with van der Waals surface area (Å²) in [6, 6.07) is 0. The molecule has 5 nitrogen and oxygen atoms in total. The van der Waals surface area contributed by atoms with Crippen molar-refractivity contribution in [2.45, 2.75) is 20.8 Å². The summed E-state index contributed by atoms with van der Waals surface area (Å²) < 4.78 is 0. The number of carbonyl (C=O) groups excluding carboxylic acids is 1. The van der Waals surface area contributed by atoms with E-state index in [0.29, 0.717) is 11.9 Å². The minimum atomic E-state index is 0. The number of hydrogen-bond acceptors (Lipinski definition) is 4. The molecule has 0 aromatic carbocycles. The van der Waals surface area contributed by atoms with Crippen molar-refractivity contribution < 1.29 is 37.5 Å². The van der Waals surface area contributed by atoms with Crippen LogP contribution in [-0.2, 0) is 37.5 Å². The van der Waals surface area contributed by atoms with Crippen molar-refractivity contribution >= 4 is 12.6 Å². The molecule has 0 fully saturated rings. The van der Waals surface area contributed by atoms with Crippen LogP contribution in [0.5, 0.6) is 0 Å². The average Bonchev–Trinajstić information content (AvgIpc) is 2.10. The summed E-state index contributed by atoms with van der Waals surface area (Å²) in [6.07, 6.45) is 2.28. The molecule has 0 unspecified atom stereocenters. The first-order chi connectivity index (χ1) is 5.68. The van der Waals surface area contributed by atoms with Gasteiger partial charge in [-0.05, 0) is 12.6 Å². The van der Waals surface area contributed by atoms with Gasteiger partial charge in [0.25, 0.3) is 0 Å². The fourth-order valence-electron chi connectivity index (χ4n) is 0.0289. The van der Waals surface area contributed by atoms with Crippen LogP contribution in [0.4, 0.5) is 0 Å². The van der Waals surface area contributed by atoms with Crippen LogP contribution in [0, 0.1) is 10.9 Å². The van der Waals surface area contributed by atoms with E-state index in [4.69, 9.17) is 10.9 Å². The van der Waals surface area contributed by atoms with Crippen molar-refractivity contribution in [3.05, 3.63) is 17.6 Å². The van der Waals surface area contributed by atoms with Crippen LogP contribution in [0.2, 0.25) is 0 Å². The van der Waals surface area contributed by atoms with Crippen LogP contribution in [0.1, 0.15) is 20.8 Å². The Balaban J connectivity index is -0.0000000491. The summed E-state index contributed by atoms with van der Waals surface area (Å²) in [5.41, 5.74) is 9.16. The van der Waals surface area contributed by atoms with Crippen LogP contribution >= 0.6 is 0 Å². The van der Waals surface area contributed by atoms with Gasteiger partial charge in [-0.25, -0.2) is 11.8 Å². The summed E-state index contributed by atoms with van der Waals surface area (Å²) in [5, 5.41) is 8.58. The first kappa shape index (κ1) is 22.9. The zero-order chi connectivity index (χ0) is 10.4. The van der Waals surface area contributed by atoms with E-state index in [1.165, 1.54) is 0 Å². The molecule has 0 aromatic rings. The molecule has 1 radical (unpaired) electrons. The first-order valence-corrected chi connectivity index (χ1v) is 3.28. The van der Waals surface area contributed by atoms with Gasteiger partial charge in [-0.2, -0.15) is 5.57 Å². The number of hydrogen-bond donors (Lipinski definition) is 2. The monoisotopic (exact) mass is 259 g/mol. The molecule has 0 aliphatic heterocycles. The predicted octanol–water partition coefficient (Wildman–Crippen LogP) is 2.61. The minimum Gasteiger partial charge on any atom is -0.419 e. The van der Waals surface area contributed by atoms with Gasteiger partial charge in [0.2, 0.25) is 0 Å².